The number of rotatable bonds is 8. The average molecular weight is 526 g/mol. The molecule has 10 nitrogen and oxygen atoms in total. The zero-order chi connectivity index (χ0) is 26.5. The Morgan fingerprint density at radius 3 is 1.09 bits per heavy atom. The molecule has 11 heteroatoms. The number of aliphatic carboxylic acids is 2. The van der Waals surface area contributed by atoms with Crippen LogP contribution in [0, 0.1) is 12.8 Å². The van der Waals surface area contributed by atoms with Crippen molar-refractivity contribution < 1.29 is 70.9 Å². The van der Waals surface area contributed by atoms with Gasteiger partial charge in [0.05, 0.1) is 0 Å². The molecule has 0 unspecified atom stereocenters. The van der Waals surface area contributed by atoms with Crippen LogP contribution >= 0.6 is 0 Å². The molecular formula is C24H30O10Ti+2. The summed E-state index contributed by atoms with van der Waals surface area (Å²) >= 11 is 0. The number of carbonyl (C=O) groups is 2. The van der Waals surface area contributed by atoms with Gasteiger partial charge in [0.15, 0.2) is 13.2 Å². The van der Waals surface area contributed by atoms with Crippen LogP contribution in [-0.4, -0.2) is 77.7 Å². The summed E-state index contributed by atoms with van der Waals surface area (Å²) in [7, 11) is 0. The van der Waals surface area contributed by atoms with E-state index in [9.17, 15) is 9.59 Å². The van der Waals surface area contributed by atoms with E-state index in [0.717, 1.165) is 0 Å². The van der Waals surface area contributed by atoms with E-state index in [-0.39, 0.29) is 44.9 Å². The van der Waals surface area contributed by atoms with Gasteiger partial charge in [0.2, 0.25) is 23.1 Å². The van der Waals surface area contributed by atoms with E-state index in [4.69, 9.17) is 39.6 Å². The Kier molecular flexibility index (Phi) is 22.9. The van der Waals surface area contributed by atoms with Gasteiger partial charge in [-0.05, 0) is 12.8 Å². The Hall–Kier alpha value is -3.57. The van der Waals surface area contributed by atoms with Gasteiger partial charge in [0.1, 0.15) is 11.9 Å². The van der Waals surface area contributed by atoms with Gasteiger partial charge in [-0.1, -0.05) is 47.5 Å². The molecule has 0 fully saturated rings. The third-order valence-corrected chi connectivity index (χ3v) is 3.12. The number of ketones is 4. The molecule has 0 atom stereocenters. The molecule has 0 bridgehead atoms. The minimum absolute atomic E-state index is 0. The molecule has 2 aromatic rings. The molecule has 0 heterocycles. The first-order valence-electron chi connectivity index (χ1n) is 9.60. The number of hydrogen-bond donors (Lipinski definition) is 0. The van der Waals surface area contributed by atoms with Gasteiger partial charge in [-0.25, -0.2) is 0 Å². The van der Waals surface area contributed by atoms with Crippen molar-refractivity contribution in [2.75, 3.05) is 13.2 Å². The first-order valence-corrected chi connectivity index (χ1v) is 9.60. The normalized spacial score (nSPS) is 8.34. The average Bonchev–Trinajstić information content (AvgIpc) is 2.80. The smallest absolute Gasteiger partial charge is 0.247 e. The van der Waals surface area contributed by atoms with Crippen molar-refractivity contribution in [3.63, 3.8) is 0 Å². The van der Waals surface area contributed by atoms with Crippen molar-refractivity contribution in [3.05, 3.63) is 84.6 Å². The number of carbonyl (C=O) groups excluding carboxylic acids is 6. The molecule has 0 saturated heterocycles. The zero-order valence-electron chi connectivity index (χ0n) is 19.3. The minimum Gasteiger partial charge on any atom is -0.543 e. The van der Waals surface area contributed by atoms with Crippen LogP contribution in [0.5, 0.6) is 0 Å². The molecule has 0 radical (unpaired) electrons. The van der Waals surface area contributed by atoms with E-state index < -0.39 is 25.2 Å². The predicted molar refractivity (Wildman–Crippen MR) is 126 cm³/mol. The van der Waals surface area contributed by atoms with Gasteiger partial charge in [0.25, 0.3) is 0 Å². The van der Waals surface area contributed by atoms with Gasteiger partial charge < -0.3 is 39.6 Å². The Labute approximate surface area is 217 Å². The maximum absolute atomic E-state index is 9.37. The van der Waals surface area contributed by atoms with Crippen LogP contribution in [0.4, 0.5) is 0 Å². The molecule has 0 amide bonds. The second kappa shape index (κ2) is 22.2. The molecule has 188 valence electrons. The summed E-state index contributed by atoms with van der Waals surface area (Å²) in [6.45, 7) is 1.75. The third-order valence-electron chi connectivity index (χ3n) is 3.12. The molecule has 2 aromatic carbocycles. The molecule has 0 aliphatic heterocycles. The van der Waals surface area contributed by atoms with Crippen LogP contribution in [0.15, 0.2) is 60.7 Å². The van der Waals surface area contributed by atoms with E-state index in [2.05, 4.69) is 0 Å². The molecule has 0 aliphatic rings. The number of carboxylic acid groups (broad SMARTS) is 2. The Morgan fingerprint density at radius 1 is 0.686 bits per heavy atom. The van der Waals surface area contributed by atoms with Crippen molar-refractivity contribution in [3.8, 4) is 0 Å². The summed E-state index contributed by atoms with van der Waals surface area (Å²) in [6, 6.07) is 18.1. The molecule has 0 aliphatic carbocycles. The van der Waals surface area contributed by atoms with Gasteiger partial charge >= 0.3 is 0 Å². The minimum atomic E-state index is -1.33. The van der Waals surface area contributed by atoms with Crippen molar-refractivity contribution >= 4 is 35.1 Å². The van der Waals surface area contributed by atoms with Crippen LogP contribution < -0.4 is 10.2 Å². The molecule has 0 saturated carbocycles. The second-order valence-corrected chi connectivity index (χ2v) is 6.17. The van der Waals surface area contributed by atoms with E-state index in [1.165, 1.54) is 26.7 Å². The van der Waals surface area contributed by atoms with Crippen molar-refractivity contribution in [2.24, 2.45) is 0 Å². The summed E-state index contributed by atoms with van der Waals surface area (Å²) in [4.78, 5) is 54.6. The van der Waals surface area contributed by atoms with Crippen LogP contribution in [0.3, 0.4) is 0 Å². The summed E-state index contributed by atoms with van der Waals surface area (Å²) < 4.78 is 0. The van der Waals surface area contributed by atoms with E-state index in [0.29, 0.717) is 11.1 Å². The summed E-state index contributed by atoms with van der Waals surface area (Å²) in [5.74, 6) is -2.31. The maximum atomic E-state index is 9.37. The Balaban J connectivity index is -0.000000419. The fourth-order valence-electron chi connectivity index (χ4n) is 1.78. The van der Waals surface area contributed by atoms with E-state index in [1.807, 2.05) is 36.4 Å². The standard InChI is InChI=1S/2C10H9O2.2C2H4O3.Ti/c2*1-8(11)7-10(12)9-5-3-2-4-6-9;2*3-1-2(4)5;/h2*2-7H,1H3;2*3H,1H2,(H,4,5);/q2*-1;;;/p+4. The van der Waals surface area contributed by atoms with Crippen LogP contribution in [0.2, 0.25) is 0 Å². The molecule has 35 heavy (non-hydrogen) atoms. The molecular weight excluding hydrogens is 496 g/mol. The van der Waals surface area contributed by atoms with Crippen molar-refractivity contribution in [1.82, 2.24) is 0 Å². The zero-order valence-corrected chi connectivity index (χ0v) is 20.8. The Bertz CT molecular complexity index is 850. The molecule has 2 rings (SSSR count). The SMILES string of the molecule is CC(=[OH+])[CH-]C(=[OH+])c1ccccc1.CC(=[OH+])[CH-]C(=[OH+])c1ccccc1.O=C([O-])C[OH2+].O=C([O-])C[OH2+].[Ti]. The van der Waals surface area contributed by atoms with Crippen molar-refractivity contribution in [2.45, 2.75) is 13.8 Å². The summed E-state index contributed by atoms with van der Waals surface area (Å²) in [5, 5.41) is 30.1. The summed E-state index contributed by atoms with van der Waals surface area (Å²) in [6.07, 6.45) is 2.63. The molecule has 0 aromatic heterocycles. The monoisotopic (exact) mass is 526 g/mol. The quantitative estimate of drug-likeness (QED) is 0.121. The number of hydrogen-bond acceptors (Lipinski definition) is 4. The van der Waals surface area contributed by atoms with Crippen LogP contribution in [0.25, 0.3) is 0 Å². The number of benzene rings is 2. The number of carboxylic acids is 2. The van der Waals surface area contributed by atoms with Crippen molar-refractivity contribution in [1.29, 1.82) is 0 Å². The van der Waals surface area contributed by atoms with Gasteiger partial charge in [-0.2, -0.15) is 0 Å². The topological polar surface area (TPSA) is 212 Å². The van der Waals surface area contributed by atoms with Gasteiger partial charge in [0, 0.05) is 35.6 Å². The third kappa shape index (κ3) is 23.4. The first-order chi connectivity index (χ1) is 15.9. The van der Waals surface area contributed by atoms with E-state index >= 15 is 0 Å². The molecule has 8 N–H and O–H groups in total. The second-order valence-electron chi connectivity index (χ2n) is 6.17. The predicted octanol–water partition coefficient (Wildman–Crippen LogP) is -2.38. The molecule has 0 spiro atoms. The Morgan fingerprint density at radius 2 is 0.914 bits per heavy atom. The van der Waals surface area contributed by atoms with Crippen LogP contribution in [0.1, 0.15) is 25.0 Å². The maximum Gasteiger partial charge on any atom is 0.247 e. The van der Waals surface area contributed by atoms with Gasteiger partial charge in [-0.15, -0.1) is 24.3 Å². The summed E-state index contributed by atoms with van der Waals surface area (Å²) in [5.41, 5.74) is 1.40. The van der Waals surface area contributed by atoms with Gasteiger partial charge in [-0.3, -0.25) is 9.59 Å². The fraction of sp³-hybridized carbons (Fsp3) is 0.167. The van der Waals surface area contributed by atoms with E-state index in [1.54, 1.807) is 24.3 Å². The fourth-order valence-corrected chi connectivity index (χ4v) is 1.78. The first kappa shape index (κ1) is 36.0. The largest absolute Gasteiger partial charge is 0.543 e. The van der Waals surface area contributed by atoms with Crippen LogP contribution in [-0.2, 0) is 31.3 Å².